The van der Waals surface area contributed by atoms with Crippen molar-refractivity contribution in [3.05, 3.63) is 36.7 Å². The summed E-state index contributed by atoms with van der Waals surface area (Å²) < 4.78 is 12.5. The molecule has 2 aromatic rings. The third kappa shape index (κ3) is 3.77. The minimum absolute atomic E-state index is 0.131. The SMILES string of the molecule is CCOC(CN)COc1ncn(-c2ccccc2)n1. The molecule has 1 heterocycles. The first kappa shape index (κ1) is 13.5. The molecule has 0 aliphatic rings. The Balaban J connectivity index is 1.94. The van der Waals surface area contributed by atoms with E-state index < -0.39 is 0 Å². The molecule has 6 nitrogen and oxygen atoms in total. The fourth-order valence-corrected chi connectivity index (χ4v) is 1.61. The average Bonchev–Trinajstić information content (AvgIpc) is 2.93. The maximum Gasteiger partial charge on any atom is 0.335 e. The van der Waals surface area contributed by atoms with Crippen LogP contribution in [0.5, 0.6) is 6.01 Å². The highest BCUT2D eigenvalue weighted by Crippen LogP contribution is 2.08. The summed E-state index contributed by atoms with van der Waals surface area (Å²) >= 11 is 0. The van der Waals surface area contributed by atoms with Crippen molar-refractivity contribution in [1.29, 1.82) is 0 Å². The zero-order valence-corrected chi connectivity index (χ0v) is 10.9. The fraction of sp³-hybridized carbons (Fsp3) is 0.385. The van der Waals surface area contributed by atoms with Crippen LogP contribution in [-0.4, -0.2) is 40.6 Å². The van der Waals surface area contributed by atoms with Gasteiger partial charge in [0.15, 0.2) is 0 Å². The van der Waals surface area contributed by atoms with E-state index in [2.05, 4.69) is 10.1 Å². The summed E-state index contributed by atoms with van der Waals surface area (Å²) in [5.41, 5.74) is 6.50. The topological polar surface area (TPSA) is 75.2 Å². The third-order valence-corrected chi connectivity index (χ3v) is 2.56. The Labute approximate surface area is 112 Å². The molecule has 0 aliphatic carbocycles. The van der Waals surface area contributed by atoms with Crippen molar-refractivity contribution in [2.75, 3.05) is 19.8 Å². The maximum absolute atomic E-state index is 5.57. The van der Waals surface area contributed by atoms with E-state index in [0.717, 1.165) is 5.69 Å². The lowest BCUT2D eigenvalue weighted by Gasteiger charge is -2.13. The van der Waals surface area contributed by atoms with Crippen molar-refractivity contribution in [1.82, 2.24) is 14.8 Å². The summed E-state index contributed by atoms with van der Waals surface area (Å²) in [6.45, 7) is 3.29. The predicted octanol–water partition coefficient (Wildman–Crippen LogP) is 1.01. The van der Waals surface area contributed by atoms with Crippen LogP contribution in [0, 0.1) is 0 Å². The Morgan fingerprint density at radius 3 is 2.79 bits per heavy atom. The van der Waals surface area contributed by atoms with Gasteiger partial charge in [0.05, 0.1) is 5.69 Å². The Kier molecular flexibility index (Phi) is 4.88. The van der Waals surface area contributed by atoms with Crippen LogP contribution < -0.4 is 10.5 Å². The number of para-hydroxylation sites is 1. The second-order valence-electron chi connectivity index (χ2n) is 3.93. The number of nitrogens with zero attached hydrogens (tertiary/aromatic N) is 3. The van der Waals surface area contributed by atoms with Crippen LogP contribution in [-0.2, 0) is 4.74 Å². The van der Waals surface area contributed by atoms with Crippen molar-refractivity contribution in [2.45, 2.75) is 13.0 Å². The fourth-order valence-electron chi connectivity index (χ4n) is 1.61. The van der Waals surface area contributed by atoms with E-state index >= 15 is 0 Å². The number of nitrogens with two attached hydrogens (primary N) is 1. The molecule has 0 saturated carbocycles. The summed E-state index contributed by atoms with van der Waals surface area (Å²) in [5.74, 6) is 0. The first-order valence-corrected chi connectivity index (χ1v) is 6.25. The number of aromatic nitrogens is 3. The van der Waals surface area contributed by atoms with Crippen LogP contribution >= 0.6 is 0 Å². The van der Waals surface area contributed by atoms with Gasteiger partial charge in [-0.3, -0.25) is 0 Å². The normalized spacial score (nSPS) is 12.3. The van der Waals surface area contributed by atoms with E-state index in [-0.39, 0.29) is 6.10 Å². The number of benzene rings is 1. The molecule has 19 heavy (non-hydrogen) atoms. The quantitative estimate of drug-likeness (QED) is 0.806. The maximum atomic E-state index is 5.57. The Morgan fingerprint density at radius 1 is 1.32 bits per heavy atom. The second-order valence-corrected chi connectivity index (χ2v) is 3.93. The van der Waals surface area contributed by atoms with Crippen molar-refractivity contribution in [3.8, 4) is 11.7 Å². The third-order valence-electron chi connectivity index (χ3n) is 2.56. The van der Waals surface area contributed by atoms with E-state index in [4.69, 9.17) is 15.2 Å². The van der Waals surface area contributed by atoms with Crippen LogP contribution in [0.2, 0.25) is 0 Å². The molecular weight excluding hydrogens is 244 g/mol. The molecule has 1 unspecified atom stereocenters. The molecule has 1 atom stereocenters. The summed E-state index contributed by atoms with van der Waals surface area (Å²) in [7, 11) is 0. The number of ether oxygens (including phenoxy) is 2. The first-order valence-electron chi connectivity index (χ1n) is 6.25. The van der Waals surface area contributed by atoms with Gasteiger partial charge in [-0.1, -0.05) is 18.2 Å². The molecule has 6 heteroatoms. The molecule has 2 N–H and O–H groups in total. The second kappa shape index (κ2) is 6.86. The molecule has 0 saturated heterocycles. The largest absolute Gasteiger partial charge is 0.460 e. The van der Waals surface area contributed by atoms with Gasteiger partial charge in [-0.15, -0.1) is 5.10 Å². The molecule has 2 rings (SSSR count). The highest BCUT2D eigenvalue weighted by molar-refractivity contribution is 5.29. The summed E-state index contributed by atoms with van der Waals surface area (Å²) in [6, 6.07) is 10.0. The molecular formula is C13H18N4O2. The van der Waals surface area contributed by atoms with Gasteiger partial charge in [-0.25, -0.2) is 4.68 Å². The van der Waals surface area contributed by atoms with Crippen LogP contribution in [0.3, 0.4) is 0 Å². The van der Waals surface area contributed by atoms with Crippen molar-refractivity contribution < 1.29 is 9.47 Å². The minimum Gasteiger partial charge on any atom is -0.460 e. The molecule has 0 radical (unpaired) electrons. The first-order chi connectivity index (χ1) is 9.33. The minimum atomic E-state index is -0.131. The molecule has 1 aromatic carbocycles. The predicted molar refractivity (Wildman–Crippen MR) is 71.3 cm³/mol. The van der Waals surface area contributed by atoms with Crippen molar-refractivity contribution in [3.63, 3.8) is 0 Å². The lowest BCUT2D eigenvalue weighted by molar-refractivity contribution is 0.0311. The number of hydrogen-bond donors (Lipinski definition) is 1. The molecule has 0 fully saturated rings. The lowest BCUT2D eigenvalue weighted by atomic mass is 10.3. The van der Waals surface area contributed by atoms with Gasteiger partial charge in [0.25, 0.3) is 0 Å². The Bertz CT molecular complexity index is 486. The van der Waals surface area contributed by atoms with Gasteiger partial charge in [0.1, 0.15) is 19.0 Å². The van der Waals surface area contributed by atoms with Crippen LogP contribution in [0.1, 0.15) is 6.92 Å². The zero-order chi connectivity index (χ0) is 13.5. The van der Waals surface area contributed by atoms with Crippen LogP contribution in [0.4, 0.5) is 0 Å². The smallest absolute Gasteiger partial charge is 0.335 e. The van der Waals surface area contributed by atoms with Gasteiger partial charge >= 0.3 is 6.01 Å². The molecule has 0 spiro atoms. The van der Waals surface area contributed by atoms with Crippen molar-refractivity contribution >= 4 is 0 Å². The van der Waals surface area contributed by atoms with E-state index in [1.165, 1.54) is 0 Å². The molecule has 102 valence electrons. The molecule has 0 amide bonds. The molecule has 0 aliphatic heterocycles. The summed E-state index contributed by atoms with van der Waals surface area (Å²) in [6.07, 6.45) is 1.48. The Hall–Kier alpha value is -1.92. The van der Waals surface area contributed by atoms with Crippen LogP contribution in [0.15, 0.2) is 36.7 Å². The van der Waals surface area contributed by atoms with E-state index in [1.807, 2.05) is 37.3 Å². The van der Waals surface area contributed by atoms with Crippen molar-refractivity contribution in [2.24, 2.45) is 5.73 Å². The van der Waals surface area contributed by atoms with E-state index in [0.29, 0.717) is 25.8 Å². The monoisotopic (exact) mass is 262 g/mol. The zero-order valence-electron chi connectivity index (χ0n) is 10.9. The number of hydrogen-bond acceptors (Lipinski definition) is 5. The molecule has 1 aromatic heterocycles. The van der Waals surface area contributed by atoms with Gasteiger partial charge in [0, 0.05) is 13.2 Å². The van der Waals surface area contributed by atoms with Gasteiger partial charge in [-0.05, 0) is 19.1 Å². The van der Waals surface area contributed by atoms with E-state index in [9.17, 15) is 0 Å². The summed E-state index contributed by atoms with van der Waals surface area (Å²) in [5, 5.41) is 4.23. The van der Waals surface area contributed by atoms with Crippen LogP contribution in [0.25, 0.3) is 5.69 Å². The van der Waals surface area contributed by atoms with Gasteiger partial charge < -0.3 is 15.2 Å². The number of rotatable bonds is 7. The van der Waals surface area contributed by atoms with E-state index in [1.54, 1.807) is 11.0 Å². The van der Waals surface area contributed by atoms with Gasteiger partial charge in [-0.2, -0.15) is 4.98 Å². The Morgan fingerprint density at radius 2 is 2.11 bits per heavy atom. The highest BCUT2D eigenvalue weighted by atomic mass is 16.5. The summed E-state index contributed by atoms with van der Waals surface area (Å²) in [4.78, 5) is 4.09. The lowest BCUT2D eigenvalue weighted by Crippen LogP contribution is -2.30. The average molecular weight is 262 g/mol. The standard InChI is InChI=1S/C13H18N4O2/c1-2-18-12(8-14)9-19-13-15-10-17(16-13)11-6-4-3-5-7-11/h3-7,10,12H,2,8-9,14H2,1H3. The highest BCUT2D eigenvalue weighted by Gasteiger charge is 2.09. The van der Waals surface area contributed by atoms with Gasteiger partial charge in [0.2, 0.25) is 0 Å². The molecule has 0 bridgehead atoms.